The third kappa shape index (κ3) is 4.73. The van der Waals surface area contributed by atoms with E-state index in [1.165, 1.54) is 6.07 Å². The van der Waals surface area contributed by atoms with Crippen molar-refractivity contribution in [2.45, 2.75) is 72.1 Å². The van der Waals surface area contributed by atoms with Gasteiger partial charge in [0.05, 0.1) is 11.5 Å². The van der Waals surface area contributed by atoms with Crippen molar-refractivity contribution in [2.24, 2.45) is 41.2 Å². The molecule has 2 aromatic rings. The van der Waals surface area contributed by atoms with Crippen LogP contribution in [0.2, 0.25) is 0 Å². The second kappa shape index (κ2) is 11.1. The normalized spacial score (nSPS) is 28.6. The molecule has 0 aromatic heterocycles. The molecule has 5 rings (SSSR count). The van der Waals surface area contributed by atoms with Gasteiger partial charge in [0.25, 0.3) is 0 Å². The number of amides is 1. The number of nitrogens with two attached hydrogens (primary N) is 1. The number of rotatable bonds is 7. The van der Waals surface area contributed by atoms with E-state index in [2.05, 4.69) is 37.4 Å². The molecule has 9 heteroatoms. The summed E-state index contributed by atoms with van der Waals surface area (Å²) in [5.41, 5.74) is 7.16. The van der Waals surface area contributed by atoms with Gasteiger partial charge in [-0.3, -0.25) is 24.0 Å². The number of aryl methyl sites for hydroxylation is 1. The van der Waals surface area contributed by atoms with Crippen molar-refractivity contribution in [2.75, 3.05) is 0 Å². The first kappa shape index (κ1) is 30.8. The predicted molar refractivity (Wildman–Crippen MR) is 159 cm³/mol. The van der Waals surface area contributed by atoms with Crippen LogP contribution in [-0.2, 0) is 38.6 Å². The highest BCUT2D eigenvalue weighted by atomic mass is 16.3. The van der Waals surface area contributed by atoms with E-state index in [1.54, 1.807) is 19.9 Å². The lowest BCUT2D eigenvalue weighted by Crippen LogP contribution is -2.71. The average Bonchev–Trinajstić information content (AvgIpc) is 2.93. The van der Waals surface area contributed by atoms with Crippen LogP contribution in [0.3, 0.4) is 0 Å². The van der Waals surface area contributed by atoms with Gasteiger partial charge in [-0.25, -0.2) is 0 Å². The van der Waals surface area contributed by atoms with Crippen molar-refractivity contribution >= 4 is 29.0 Å². The molecule has 2 fully saturated rings. The minimum atomic E-state index is -2.70. The van der Waals surface area contributed by atoms with Crippen LogP contribution in [0.1, 0.15) is 68.1 Å². The van der Waals surface area contributed by atoms with Crippen LogP contribution in [0.25, 0.3) is 11.1 Å². The van der Waals surface area contributed by atoms with Crippen LogP contribution in [0.15, 0.2) is 30.3 Å². The van der Waals surface area contributed by atoms with E-state index < -0.39 is 70.1 Å². The molecule has 0 bridgehead atoms. The second-order valence-electron chi connectivity index (χ2n) is 13.0. The van der Waals surface area contributed by atoms with Gasteiger partial charge in [-0.05, 0) is 71.0 Å². The van der Waals surface area contributed by atoms with Crippen molar-refractivity contribution in [3.8, 4) is 16.9 Å². The highest BCUT2D eigenvalue weighted by Crippen LogP contribution is 2.53. The zero-order chi connectivity index (χ0) is 31.5. The Labute approximate surface area is 251 Å². The maximum Gasteiger partial charge on any atom is 0.235 e. The van der Waals surface area contributed by atoms with E-state index in [9.17, 15) is 34.2 Å². The number of aliphatic hydroxyl groups is 1. The smallest absolute Gasteiger partial charge is 0.235 e. The fraction of sp³-hybridized carbons (Fsp3) is 0.500. The van der Waals surface area contributed by atoms with Crippen molar-refractivity contribution in [3.05, 3.63) is 52.6 Å². The Morgan fingerprint density at radius 2 is 1.74 bits per heavy atom. The van der Waals surface area contributed by atoms with Crippen LogP contribution in [-0.4, -0.2) is 50.9 Å². The number of phenols is 1. The summed E-state index contributed by atoms with van der Waals surface area (Å²) in [5.74, 6) is -11.5. The maximum atomic E-state index is 14.1. The SMILES string of the molecule is CCc1ccc(CNC(C)C)cc1-c1ccc(O)c2c1C[C@H]1C[C@H]3[C@H](C(C)C)C(=O)C(C(N)=O)C(=O)[C@@]3(O)C(=O)C1C2=O. The van der Waals surface area contributed by atoms with Gasteiger partial charge in [-0.15, -0.1) is 0 Å². The highest BCUT2D eigenvalue weighted by Gasteiger charge is 2.69. The van der Waals surface area contributed by atoms with Crippen LogP contribution in [0.4, 0.5) is 0 Å². The van der Waals surface area contributed by atoms with E-state index in [4.69, 9.17) is 5.73 Å². The number of nitrogens with one attached hydrogen (secondary N) is 1. The number of ketones is 4. The average molecular weight is 589 g/mol. The number of primary amides is 1. The molecule has 0 radical (unpaired) electrons. The topological polar surface area (TPSA) is 164 Å². The molecular formula is C34H40N2O7. The quantitative estimate of drug-likeness (QED) is 0.359. The van der Waals surface area contributed by atoms with E-state index in [1.807, 2.05) is 6.92 Å². The summed E-state index contributed by atoms with van der Waals surface area (Å²) in [6.45, 7) is 10.3. The number of hydrogen-bond donors (Lipinski definition) is 4. The molecule has 2 aromatic carbocycles. The third-order valence-electron chi connectivity index (χ3n) is 9.76. The van der Waals surface area contributed by atoms with Gasteiger partial charge in [0.15, 0.2) is 34.7 Å². The molecular weight excluding hydrogens is 548 g/mol. The van der Waals surface area contributed by atoms with Crippen LogP contribution >= 0.6 is 0 Å². The number of aromatic hydroxyl groups is 1. The minimum absolute atomic E-state index is 0.00751. The van der Waals surface area contributed by atoms with E-state index in [-0.39, 0.29) is 24.2 Å². The van der Waals surface area contributed by atoms with Gasteiger partial charge in [-0.2, -0.15) is 0 Å². The molecule has 0 saturated heterocycles. The Bertz CT molecular complexity index is 1540. The molecule has 9 nitrogen and oxygen atoms in total. The van der Waals surface area contributed by atoms with E-state index >= 15 is 0 Å². The second-order valence-corrected chi connectivity index (χ2v) is 13.0. The Morgan fingerprint density at radius 1 is 1.05 bits per heavy atom. The summed E-state index contributed by atoms with van der Waals surface area (Å²) in [4.78, 5) is 67.3. The lowest BCUT2D eigenvalue weighted by Gasteiger charge is -2.52. The molecule has 3 aliphatic rings. The summed E-state index contributed by atoms with van der Waals surface area (Å²) in [6.07, 6.45) is 1.02. The molecule has 228 valence electrons. The molecule has 3 aliphatic carbocycles. The first-order chi connectivity index (χ1) is 20.2. The number of fused-ring (bicyclic) bond motifs is 3. The third-order valence-corrected chi connectivity index (χ3v) is 9.76. The summed E-state index contributed by atoms with van der Waals surface area (Å²) in [7, 11) is 0. The van der Waals surface area contributed by atoms with E-state index in [0.717, 1.165) is 28.7 Å². The maximum absolute atomic E-state index is 14.1. The number of carbonyl (C=O) groups is 5. The van der Waals surface area contributed by atoms with Gasteiger partial charge >= 0.3 is 0 Å². The number of benzene rings is 2. The first-order valence-electron chi connectivity index (χ1n) is 15.1. The van der Waals surface area contributed by atoms with Gasteiger partial charge in [0.2, 0.25) is 5.91 Å². The van der Waals surface area contributed by atoms with Crippen LogP contribution in [0.5, 0.6) is 5.75 Å². The van der Waals surface area contributed by atoms with Gasteiger partial charge in [0, 0.05) is 24.4 Å². The fourth-order valence-electron chi connectivity index (χ4n) is 7.72. The van der Waals surface area contributed by atoms with Gasteiger partial charge in [-0.1, -0.05) is 52.8 Å². The number of phenolic OH excluding ortho intramolecular Hbond substituents is 1. The van der Waals surface area contributed by atoms with Crippen molar-refractivity contribution < 1.29 is 34.2 Å². The molecule has 0 aliphatic heterocycles. The number of carbonyl (C=O) groups excluding carboxylic acids is 5. The minimum Gasteiger partial charge on any atom is -0.507 e. The Kier molecular flexibility index (Phi) is 7.94. The largest absolute Gasteiger partial charge is 0.507 e. The van der Waals surface area contributed by atoms with Crippen molar-refractivity contribution in [1.29, 1.82) is 0 Å². The summed E-state index contributed by atoms with van der Waals surface area (Å²) < 4.78 is 0. The molecule has 1 amide bonds. The van der Waals surface area contributed by atoms with Crippen LogP contribution < -0.4 is 11.1 Å². The molecule has 0 heterocycles. The summed E-state index contributed by atoms with van der Waals surface area (Å²) >= 11 is 0. The zero-order valence-electron chi connectivity index (χ0n) is 25.3. The van der Waals surface area contributed by atoms with Gasteiger partial charge in [0.1, 0.15) is 5.75 Å². The highest BCUT2D eigenvalue weighted by molar-refractivity contribution is 6.32. The summed E-state index contributed by atoms with van der Waals surface area (Å²) in [6, 6.07) is 9.73. The standard InChI is InChI=1S/C34H40N2O7/c1-6-18-8-7-17(14-36-16(4)5)11-21(18)20-9-10-24(37)27-22(20)12-19-13-23-25(15(2)3)29(38)28(33(35)42)32(41)34(23,43)31(40)26(19)30(27)39/h7-11,15-16,19,23,25-26,28,36-37,43H,6,12-14H2,1-5H3,(H2,35,42)/t19-,23-,25-,26?,28?,34-/m0/s1. The molecule has 0 spiro atoms. The molecule has 2 saturated carbocycles. The lowest BCUT2D eigenvalue weighted by atomic mass is 9.49. The Hall–Kier alpha value is -3.69. The monoisotopic (exact) mass is 588 g/mol. The van der Waals surface area contributed by atoms with Crippen LogP contribution in [0, 0.1) is 35.5 Å². The Morgan fingerprint density at radius 3 is 2.35 bits per heavy atom. The molecule has 6 atom stereocenters. The number of Topliss-reactive ketones (excluding diaryl/α,β-unsaturated/α-hetero) is 4. The first-order valence-corrected chi connectivity index (χ1v) is 15.1. The zero-order valence-corrected chi connectivity index (χ0v) is 25.3. The summed E-state index contributed by atoms with van der Waals surface area (Å²) in [5, 5.41) is 26.2. The van der Waals surface area contributed by atoms with Crippen molar-refractivity contribution in [3.63, 3.8) is 0 Å². The van der Waals surface area contributed by atoms with E-state index in [0.29, 0.717) is 18.2 Å². The van der Waals surface area contributed by atoms with Crippen molar-refractivity contribution in [1.82, 2.24) is 5.32 Å². The Balaban J connectivity index is 1.64. The fourth-order valence-corrected chi connectivity index (χ4v) is 7.72. The van der Waals surface area contributed by atoms with Gasteiger partial charge < -0.3 is 21.3 Å². The number of hydrogen-bond acceptors (Lipinski definition) is 8. The molecule has 5 N–H and O–H groups in total. The predicted octanol–water partition coefficient (Wildman–Crippen LogP) is 2.94. The molecule has 2 unspecified atom stereocenters. The molecule has 43 heavy (non-hydrogen) atoms. The lowest BCUT2D eigenvalue weighted by molar-refractivity contribution is -0.182.